The highest BCUT2D eigenvalue weighted by atomic mass is 32.2. The van der Waals surface area contributed by atoms with Crippen LogP contribution in [0.25, 0.3) is 11.1 Å². The summed E-state index contributed by atoms with van der Waals surface area (Å²) in [4.78, 5) is 22.8. The van der Waals surface area contributed by atoms with Crippen LogP contribution in [0.5, 0.6) is 0 Å². The third-order valence-electron chi connectivity index (χ3n) is 3.16. The summed E-state index contributed by atoms with van der Waals surface area (Å²) in [5, 5.41) is 2.54. The average Bonchev–Trinajstić information content (AvgIpc) is 2.83. The van der Waals surface area contributed by atoms with E-state index in [9.17, 15) is 18.0 Å². The average molecular weight is 332 g/mol. The van der Waals surface area contributed by atoms with Gasteiger partial charge in [-0.15, -0.1) is 0 Å². The number of fused-ring (bicyclic) bond motifs is 1. The largest absolute Gasteiger partial charge is 0.434 e. The van der Waals surface area contributed by atoms with Crippen LogP contribution in [0.4, 0.5) is 5.69 Å². The van der Waals surface area contributed by atoms with Gasteiger partial charge in [-0.1, -0.05) is 12.1 Å². The van der Waals surface area contributed by atoms with Gasteiger partial charge in [-0.3, -0.25) is 4.79 Å². The second-order valence-electron chi connectivity index (χ2n) is 4.81. The van der Waals surface area contributed by atoms with Crippen molar-refractivity contribution < 1.29 is 17.6 Å². The lowest BCUT2D eigenvalue weighted by molar-refractivity contribution is -0.114. The Kier molecular flexibility index (Phi) is 3.53. The number of benzene rings is 2. The molecule has 1 N–H and O–H groups in total. The molecule has 3 rings (SSSR count). The number of oxazole rings is 1. The maximum Gasteiger partial charge on any atom is 0.434 e. The van der Waals surface area contributed by atoms with Gasteiger partial charge in [-0.25, -0.2) is 13.2 Å². The first kappa shape index (κ1) is 15.0. The van der Waals surface area contributed by atoms with E-state index in [4.69, 9.17) is 4.42 Å². The van der Waals surface area contributed by atoms with Crippen molar-refractivity contribution >= 4 is 32.7 Å². The van der Waals surface area contributed by atoms with Crippen molar-refractivity contribution in [1.29, 1.82) is 0 Å². The summed E-state index contributed by atoms with van der Waals surface area (Å²) in [6.45, 7) is 1.35. The van der Waals surface area contributed by atoms with Crippen molar-refractivity contribution in [2.24, 2.45) is 0 Å². The Morgan fingerprint density at radius 3 is 2.39 bits per heavy atom. The maximum atomic E-state index is 12.7. The summed E-state index contributed by atoms with van der Waals surface area (Å²) < 4.78 is 30.9. The fourth-order valence-electron chi connectivity index (χ4n) is 2.19. The van der Waals surface area contributed by atoms with E-state index in [0.717, 1.165) is 0 Å². The second kappa shape index (κ2) is 5.40. The van der Waals surface area contributed by atoms with Crippen LogP contribution in [0.1, 0.15) is 6.92 Å². The van der Waals surface area contributed by atoms with Crippen molar-refractivity contribution in [3.05, 3.63) is 59.1 Å². The van der Waals surface area contributed by atoms with E-state index in [-0.39, 0.29) is 21.9 Å². The second-order valence-corrected chi connectivity index (χ2v) is 6.60. The molecule has 0 aliphatic rings. The molecule has 1 heterocycles. The molecule has 0 atom stereocenters. The van der Waals surface area contributed by atoms with Gasteiger partial charge in [-0.2, -0.15) is 3.97 Å². The number of carbonyl (C=O) groups is 1. The zero-order valence-electron chi connectivity index (χ0n) is 12.0. The molecule has 1 amide bonds. The molecule has 2 aromatic carbocycles. The number of amides is 1. The van der Waals surface area contributed by atoms with Gasteiger partial charge in [0.2, 0.25) is 5.91 Å². The van der Waals surface area contributed by atoms with Gasteiger partial charge < -0.3 is 9.73 Å². The van der Waals surface area contributed by atoms with Gasteiger partial charge >= 0.3 is 5.76 Å². The molecule has 0 bridgehead atoms. The molecule has 0 unspecified atom stereocenters. The van der Waals surface area contributed by atoms with Crippen LogP contribution in [0.15, 0.2) is 62.6 Å². The molecule has 0 spiro atoms. The smallest absolute Gasteiger partial charge is 0.407 e. The predicted molar refractivity (Wildman–Crippen MR) is 83.8 cm³/mol. The molecule has 0 fully saturated rings. The van der Waals surface area contributed by atoms with Crippen LogP contribution in [-0.4, -0.2) is 18.3 Å². The molecule has 3 aromatic rings. The van der Waals surface area contributed by atoms with E-state index < -0.39 is 15.8 Å². The molecule has 0 aliphatic carbocycles. The van der Waals surface area contributed by atoms with E-state index in [0.29, 0.717) is 9.66 Å². The number of rotatable bonds is 3. The minimum Gasteiger partial charge on any atom is -0.407 e. The lowest BCUT2D eigenvalue weighted by atomic mass is 10.3. The third-order valence-corrected chi connectivity index (χ3v) is 4.85. The molecule has 0 aliphatic heterocycles. The fraction of sp³-hybridized carbons (Fsp3) is 0.0667. The van der Waals surface area contributed by atoms with Crippen LogP contribution < -0.4 is 11.1 Å². The Labute approximate surface area is 131 Å². The number of anilines is 1. The van der Waals surface area contributed by atoms with Crippen LogP contribution >= 0.6 is 0 Å². The summed E-state index contributed by atoms with van der Waals surface area (Å²) in [6.07, 6.45) is 0. The van der Waals surface area contributed by atoms with Gasteiger partial charge in [0.05, 0.1) is 4.90 Å². The summed E-state index contributed by atoms with van der Waals surface area (Å²) in [7, 11) is -4.10. The number of carbonyl (C=O) groups excluding carboxylic acids is 1. The van der Waals surface area contributed by atoms with Crippen molar-refractivity contribution in [3.63, 3.8) is 0 Å². The van der Waals surface area contributed by atoms with E-state index in [1.165, 1.54) is 43.3 Å². The fourth-order valence-corrected chi connectivity index (χ4v) is 3.53. The van der Waals surface area contributed by atoms with E-state index in [1.807, 2.05) is 0 Å². The normalized spacial score (nSPS) is 11.5. The molecular formula is C15H12N2O5S. The molecule has 23 heavy (non-hydrogen) atoms. The Hall–Kier alpha value is -2.87. The van der Waals surface area contributed by atoms with E-state index in [2.05, 4.69) is 5.32 Å². The zero-order valence-corrected chi connectivity index (χ0v) is 12.8. The highest BCUT2D eigenvalue weighted by molar-refractivity contribution is 7.90. The molecular weight excluding hydrogens is 320 g/mol. The van der Waals surface area contributed by atoms with Crippen molar-refractivity contribution in [2.45, 2.75) is 11.8 Å². The van der Waals surface area contributed by atoms with Gasteiger partial charge in [0.25, 0.3) is 10.0 Å². The number of hydrogen-bond donors (Lipinski definition) is 1. The predicted octanol–water partition coefficient (Wildman–Crippen LogP) is 1.79. The van der Waals surface area contributed by atoms with Crippen LogP contribution in [0, 0.1) is 0 Å². The van der Waals surface area contributed by atoms with Crippen molar-refractivity contribution in [2.75, 3.05) is 5.32 Å². The van der Waals surface area contributed by atoms with Gasteiger partial charge in [0.1, 0.15) is 5.52 Å². The van der Waals surface area contributed by atoms with E-state index in [1.54, 1.807) is 12.1 Å². The molecule has 0 saturated heterocycles. The Bertz CT molecular complexity index is 1050. The first-order valence-electron chi connectivity index (χ1n) is 6.63. The van der Waals surface area contributed by atoms with Crippen molar-refractivity contribution in [3.8, 4) is 0 Å². The number of nitrogens with one attached hydrogen (secondary N) is 1. The first-order chi connectivity index (χ1) is 10.9. The quantitative estimate of drug-likeness (QED) is 0.788. The molecule has 0 saturated carbocycles. The Morgan fingerprint density at radius 2 is 1.74 bits per heavy atom. The number of nitrogens with zero attached hydrogens (tertiary/aromatic N) is 1. The van der Waals surface area contributed by atoms with Crippen LogP contribution in [0.3, 0.4) is 0 Å². The molecule has 118 valence electrons. The lowest BCUT2D eigenvalue weighted by Gasteiger charge is -2.06. The first-order valence-corrected chi connectivity index (χ1v) is 8.07. The zero-order chi connectivity index (χ0) is 16.6. The van der Waals surface area contributed by atoms with Crippen LogP contribution in [-0.2, 0) is 14.8 Å². The molecule has 8 heteroatoms. The Morgan fingerprint density at radius 1 is 1.09 bits per heavy atom. The summed E-state index contributed by atoms with van der Waals surface area (Å²) in [5.41, 5.74) is 0.820. The highest BCUT2D eigenvalue weighted by Crippen LogP contribution is 2.20. The number of para-hydroxylation sites is 2. The maximum absolute atomic E-state index is 12.7. The summed E-state index contributed by atoms with van der Waals surface area (Å²) in [5.74, 6) is -1.24. The lowest BCUT2D eigenvalue weighted by Crippen LogP contribution is -2.23. The van der Waals surface area contributed by atoms with Gasteiger partial charge in [0.15, 0.2) is 5.58 Å². The van der Waals surface area contributed by atoms with Crippen molar-refractivity contribution in [1.82, 2.24) is 3.97 Å². The van der Waals surface area contributed by atoms with Crippen LogP contribution in [0.2, 0.25) is 0 Å². The van der Waals surface area contributed by atoms with Gasteiger partial charge in [0, 0.05) is 12.6 Å². The Balaban J connectivity index is 2.12. The minimum absolute atomic E-state index is 0.0831. The molecule has 7 nitrogen and oxygen atoms in total. The third kappa shape index (κ3) is 2.64. The number of hydrogen-bond acceptors (Lipinski definition) is 5. The molecule has 1 aromatic heterocycles. The standard InChI is InChI=1S/C15H12N2O5S/c1-10(18)16-11-6-8-12(9-7-11)23(20,21)17-13-4-2-3-5-14(13)22-15(17)19/h2-9H,1H3,(H,16,18). The topological polar surface area (TPSA) is 98.4 Å². The summed E-state index contributed by atoms with van der Waals surface area (Å²) in [6, 6.07) is 11.8. The minimum atomic E-state index is -4.10. The molecule has 0 radical (unpaired) electrons. The number of aromatic nitrogens is 1. The van der Waals surface area contributed by atoms with E-state index >= 15 is 0 Å². The monoisotopic (exact) mass is 332 g/mol. The highest BCUT2D eigenvalue weighted by Gasteiger charge is 2.23. The SMILES string of the molecule is CC(=O)Nc1ccc(S(=O)(=O)n2c(=O)oc3ccccc32)cc1. The summed E-state index contributed by atoms with van der Waals surface area (Å²) >= 11 is 0. The van der Waals surface area contributed by atoms with Gasteiger partial charge in [-0.05, 0) is 36.4 Å².